The first-order chi connectivity index (χ1) is 8.87. The first-order valence-corrected chi connectivity index (χ1v) is 6.98. The van der Waals surface area contributed by atoms with E-state index >= 15 is 0 Å². The van der Waals surface area contributed by atoms with Crippen LogP contribution in [0.2, 0.25) is 0 Å². The highest BCUT2D eigenvalue weighted by atomic mass is 16.1. The standard InChI is InChI=1S/C14H24N4O/c1-5-12-9(2)17-18(10(12)3)8-14(4,13(15)19)16-11-6-7-11/h11,16H,5-8H2,1-4H3,(H2,15,19). The first-order valence-electron chi connectivity index (χ1n) is 6.98. The maximum Gasteiger partial charge on any atom is 0.239 e. The summed E-state index contributed by atoms with van der Waals surface area (Å²) in [7, 11) is 0. The van der Waals surface area contributed by atoms with Crippen LogP contribution in [0.4, 0.5) is 0 Å². The molecule has 1 fully saturated rings. The number of carbonyl (C=O) groups excluding carboxylic acids is 1. The van der Waals surface area contributed by atoms with Gasteiger partial charge in [0.2, 0.25) is 5.91 Å². The minimum absolute atomic E-state index is 0.315. The second kappa shape index (κ2) is 4.96. The molecular formula is C14H24N4O. The zero-order valence-corrected chi connectivity index (χ0v) is 12.3. The van der Waals surface area contributed by atoms with Crippen LogP contribution in [0, 0.1) is 13.8 Å². The number of rotatable bonds is 6. The molecule has 0 aromatic carbocycles. The summed E-state index contributed by atoms with van der Waals surface area (Å²) in [4.78, 5) is 11.8. The molecule has 0 spiro atoms. The first kappa shape index (κ1) is 14.1. The van der Waals surface area contributed by atoms with E-state index in [1.54, 1.807) is 0 Å². The molecule has 1 aliphatic carbocycles. The van der Waals surface area contributed by atoms with E-state index in [-0.39, 0.29) is 5.91 Å². The van der Waals surface area contributed by atoms with Crippen molar-refractivity contribution in [2.45, 2.75) is 65.1 Å². The Kier molecular flexibility index (Phi) is 3.67. The topological polar surface area (TPSA) is 72.9 Å². The Morgan fingerprint density at radius 1 is 1.53 bits per heavy atom. The summed E-state index contributed by atoms with van der Waals surface area (Å²) in [5.41, 5.74) is 8.28. The summed E-state index contributed by atoms with van der Waals surface area (Å²) >= 11 is 0. The molecule has 106 valence electrons. The SMILES string of the molecule is CCc1c(C)nn(CC(C)(NC2CC2)C(N)=O)c1C. The van der Waals surface area contributed by atoms with Gasteiger partial charge in [-0.15, -0.1) is 0 Å². The van der Waals surface area contributed by atoms with E-state index in [0.717, 1.165) is 30.7 Å². The molecule has 2 rings (SSSR count). The van der Waals surface area contributed by atoms with Crippen LogP contribution in [0.5, 0.6) is 0 Å². The van der Waals surface area contributed by atoms with E-state index in [1.165, 1.54) is 5.56 Å². The van der Waals surface area contributed by atoms with Crippen molar-refractivity contribution in [2.75, 3.05) is 0 Å². The Balaban J connectivity index is 2.23. The lowest BCUT2D eigenvalue weighted by Gasteiger charge is -2.28. The molecule has 5 heteroatoms. The minimum atomic E-state index is -0.727. The van der Waals surface area contributed by atoms with Crippen molar-refractivity contribution in [3.05, 3.63) is 17.0 Å². The number of nitrogens with zero attached hydrogens (tertiary/aromatic N) is 2. The number of nitrogens with one attached hydrogen (secondary N) is 1. The van der Waals surface area contributed by atoms with Gasteiger partial charge in [-0.05, 0) is 45.6 Å². The maximum absolute atomic E-state index is 11.8. The summed E-state index contributed by atoms with van der Waals surface area (Å²) in [5.74, 6) is -0.315. The largest absolute Gasteiger partial charge is 0.368 e. The quantitative estimate of drug-likeness (QED) is 0.807. The number of carbonyl (C=O) groups is 1. The van der Waals surface area contributed by atoms with Crippen molar-refractivity contribution in [1.29, 1.82) is 0 Å². The number of hydrogen-bond acceptors (Lipinski definition) is 3. The lowest BCUT2D eigenvalue weighted by molar-refractivity contribution is -0.124. The van der Waals surface area contributed by atoms with E-state index < -0.39 is 5.54 Å². The van der Waals surface area contributed by atoms with Gasteiger partial charge < -0.3 is 5.73 Å². The molecule has 0 bridgehead atoms. The highest BCUT2D eigenvalue weighted by Crippen LogP contribution is 2.24. The van der Waals surface area contributed by atoms with Gasteiger partial charge in [0.1, 0.15) is 5.54 Å². The molecule has 3 N–H and O–H groups in total. The summed E-state index contributed by atoms with van der Waals surface area (Å²) in [6.07, 6.45) is 3.21. The molecule has 5 nitrogen and oxygen atoms in total. The van der Waals surface area contributed by atoms with Gasteiger partial charge in [0, 0.05) is 11.7 Å². The van der Waals surface area contributed by atoms with Crippen molar-refractivity contribution < 1.29 is 4.79 Å². The van der Waals surface area contributed by atoms with Gasteiger partial charge in [-0.2, -0.15) is 5.10 Å². The molecule has 0 saturated heterocycles. The predicted molar refractivity (Wildman–Crippen MR) is 74.8 cm³/mol. The lowest BCUT2D eigenvalue weighted by Crippen LogP contribution is -2.56. The van der Waals surface area contributed by atoms with Crippen LogP contribution in [-0.4, -0.2) is 27.3 Å². The molecule has 1 aromatic rings. The Morgan fingerprint density at radius 2 is 2.16 bits per heavy atom. The second-order valence-electron chi connectivity index (χ2n) is 5.78. The number of hydrogen-bond donors (Lipinski definition) is 2. The Labute approximate surface area is 114 Å². The smallest absolute Gasteiger partial charge is 0.239 e. The summed E-state index contributed by atoms with van der Waals surface area (Å²) in [5, 5.41) is 7.90. The highest BCUT2D eigenvalue weighted by molar-refractivity contribution is 5.84. The fourth-order valence-electron chi connectivity index (χ4n) is 2.57. The molecule has 19 heavy (non-hydrogen) atoms. The molecule has 1 atom stereocenters. The van der Waals surface area contributed by atoms with E-state index in [2.05, 4.69) is 24.3 Å². The van der Waals surface area contributed by atoms with Gasteiger partial charge in [-0.1, -0.05) is 6.92 Å². The molecule has 1 heterocycles. The molecule has 1 unspecified atom stereocenters. The number of amides is 1. The van der Waals surface area contributed by atoms with Crippen LogP contribution in [0.3, 0.4) is 0 Å². The van der Waals surface area contributed by atoms with Crippen molar-refractivity contribution in [3.63, 3.8) is 0 Å². The van der Waals surface area contributed by atoms with Gasteiger partial charge in [-0.3, -0.25) is 14.8 Å². The number of nitrogens with two attached hydrogens (primary N) is 1. The normalized spacial score (nSPS) is 18.3. The number of aromatic nitrogens is 2. The van der Waals surface area contributed by atoms with Crippen LogP contribution in [0.15, 0.2) is 0 Å². The number of aryl methyl sites for hydroxylation is 1. The van der Waals surface area contributed by atoms with Crippen LogP contribution in [0.1, 0.15) is 43.6 Å². The van der Waals surface area contributed by atoms with Gasteiger partial charge in [0.05, 0.1) is 12.2 Å². The van der Waals surface area contributed by atoms with E-state index in [1.807, 2.05) is 18.5 Å². The summed E-state index contributed by atoms with van der Waals surface area (Å²) in [6, 6.07) is 0.431. The van der Waals surface area contributed by atoms with Crippen molar-refractivity contribution >= 4 is 5.91 Å². The van der Waals surface area contributed by atoms with Crippen LogP contribution in [0.25, 0.3) is 0 Å². The third kappa shape index (κ3) is 2.81. The zero-order valence-electron chi connectivity index (χ0n) is 12.3. The monoisotopic (exact) mass is 264 g/mol. The Bertz CT molecular complexity index is 490. The highest BCUT2D eigenvalue weighted by Gasteiger charge is 2.38. The van der Waals surface area contributed by atoms with Crippen molar-refractivity contribution in [1.82, 2.24) is 15.1 Å². The maximum atomic E-state index is 11.8. The Hall–Kier alpha value is -1.36. The van der Waals surface area contributed by atoms with Gasteiger partial charge >= 0.3 is 0 Å². The van der Waals surface area contributed by atoms with E-state index in [0.29, 0.717) is 12.6 Å². The lowest BCUT2D eigenvalue weighted by atomic mass is 10.0. The molecule has 1 aromatic heterocycles. The van der Waals surface area contributed by atoms with Gasteiger partial charge in [-0.25, -0.2) is 0 Å². The molecule has 1 aliphatic rings. The minimum Gasteiger partial charge on any atom is -0.368 e. The van der Waals surface area contributed by atoms with Crippen molar-refractivity contribution in [2.24, 2.45) is 5.73 Å². The van der Waals surface area contributed by atoms with Gasteiger partial charge in [0.15, 0.2) is 0 Å². The second-order valence-corrected chi connectivity index (χ2v) is 5.78. The van der Waals surface area contributed by atoms with E-state index in [4.69, 9.17) is 5.73 Å². The molecule has 0 aliphatic heterocycles. The zero-order chi connectivity index (χ0) is 14.2. The summed E-state index contributed by atoms with van der Waals surface area (Å²) < 4.78 is 1.91. The summed E-state index contributed by atoms with van der Waals surface area (Å²) in [6.45, 7) is 8.55. The molecule has 1 amide bonds. The fourth-order valence-corrected chi connectivity index (χ4v) is 2.57. The fraction of sp³-hybridized carbons (Fsp3) is 0.714. The van der Waals surface area contributed by atoms with Gasteiger partial charge in [0.25, 0.3) is 0 Å². The third-order valence-corrected chi connectivity index (χ3v) is 3.99. The molecular weight excluding hydrogens is 240 g/mol. The number of primary amides is 1. The van der Waals surface area contributed by atoms with Crippen molar-refractivity contribution in [3.8, 4) is 0 Å². The predicted octanol–water partition coefficient (Wildman–Crippen LogP) is 1.06. The molecule has 1 saturated carbocycles. The van der Waals surface area contributed by atoms with Crippen LogP contribution in [-0.2, 0) is 17.8 Å². The third-order valence-electron chi connectivity index (χ3n) is 3.99. The molecule has 0 radical (unpaired) electrons. The average molecular weight is 264 g/mol. The average Bonchev–Trinajstić information content (AvgIpc) is 3.07. The van der Waals surface area contributed by atoms with Crippen LogP contribution >= 0.6 is 0 Å². The van der Waals surface area contributed by atoms with Crippen LogP contribution < -0.4 is 11.1 Å². The Morgan fingerprint density at radius 3 is 2.58 bits per heavy atom. The van der Waals surface area contributed by atoms with E-state index in [9.17, 15) is 4.79 Å².